The van der Waals surface area contributed by atoms with E-state index in [-0.39, 0.29) is 18.4 Å². The molecule has 4 rings (SSSR count). The van der Waals surface area contributed by atoms with E-state index < -0.39 is 0 Å². The molecule has 9 nitrogen and oxygen atoms in total. The third kappa shape index (κ3) is 4.08. The fraction of sp³-hybridized carbons (Fsp3) is 0.474. The maximum Gasteiger partial charge on any atom is 0.227 e. The number of hydrogen-bond acceptors (Lipinski definition) is 7. The summed E-state index contributed by atoms with van der Waals surface area (Å²) in [5.41, 5.74) is 0.842. The third-order valence-corrected chi connectivity index (χ3v) is 5.03. The van der Waals surface area contributed by atoms with Crippen molar-refractivity contribution in [3.05, 3.63) is 47.9 Å². The van der Waals surface area contributed by atoms with Crippen LogP contribution in [0.4, 0.5) is 0 Å². The van der Waals surface area contributed by atoms with Gasteiger partial charge in [-0.15, -0.1) is 5.10 Å². The number of amides is 1. The molecular formula is C19H23N7O2. The van der Waals surface area contributed by atoms with Gasteiger partial charge in [-0.2, -0.15) is 9.67 Å². The molecule has 0 saturated heterocycles. The topological polar surface area (TPSA) is 112 Å². The summed E-state index contributed by atoms with van der Waals surface area (Å²) in [5, 5.41) is 18.8. The van der Waals surface area contributed by atoms with Crippen LogP contribution in [0.3, 0.4) is 0 Å². The lowest BCUT2D eigenvalue weighted by molar-refractivity contribution is -0.121. The Bertz CT molecular complexity index is 915. The van der Waals surface area contributed by atoms with Crippen molar-refractivity contribution in [1.29, 1.82) is 0 Å². The third-order valence-electron chi connectivity index (χ3n) is 5.03. The number of para-hydroxylation sites is 1. The van der Waals surface area contributed by atoms with E-state index in [2.05, 4.69) is 31.0 Å². The van der Waals surface area contributed by atoms with Crippen LogP contribution in [0.5, 0.6) is 0 Å². The highest BCUT2D eigenvalue weighted by atomic mass is 16.5. The van der Waals surface area contributed by atoms with Crippen molar-refractivity contribution in [2.24, 2.45) is 0 Å². The van der Waals surface area contributed by atoms with Gasteiger partial charge in [0.25, 0.3) is 0 Å². The molecule has 0 aliphatic heterocycles. The smallest absolute Gasteiger partial charge is 0.227 e. The Hall–Kier alpha value is -3.10. The number of aromatic nitrogens is 6. The van der Waals surface area contributed by atoms with Gasteiger partial charge in [-0.3, -0.25) is 4.79 Å². The largest absolute Gasteiger partial charge is 0.346 e. The van der Waals surface area contributed by atoms with E-state index in [4.69, 9.17) is 4.52 Å². The summed E-state index contributed by atoms with van der Waals surface area (Å²) in [4.78, 5) is 16.8. The average Bonchev–Trinajstić information content (AvgIpc) is 3.48. The fourth-order valence-corrected chi connectivity index (χ4v) is 3.54. The highest BCUT2D eigenvalue weighted by molar-refractivity contribution is 5.76. The first-order valence-corrected chi connectivity index (χ1v) is 9.66. The van der Waals surface area contributed by atoms with Crippen LogP contribution in [0.2, 0.25) is 0 Å². The molecular weight excluding hydrogens is 358 g/mol. The van der Waals surface area contributed by atoms with Crippen molar-refractivity contribution >= 4 is 5.91 Å². The van der Waals surface area contributed by atoms with Crippen molar-refractivity contribution in [2.75, 3.05) is 0 Å². The summed E-state index contributed by atoms with van der Waals surface area (Å²) in [6.45, 7) is 1.86. The van der Waals surface area contributed by atoms with Crippen LogP contribution >= 0.6 is 0 Å². The molecule has 146 valence electrons. The van der Waals surface area contributed by atoms with Crippen molar-refractivity contribution in [1.82, 2.24) is 35.7 Å². The molecule has 1 aliphatic rings. The lowest BCUT2D eigenvalue weighted by Gasteiger charge is -2.13. The number of rotatable bonds is 7. The highest BCUT2D eigenvalue weighted by Crippen LogP contribution is 2.32. The quantitative estimate of drug-likeness (QED) is 0.669. The molecule has 0 spiro atoms. The molecule has 2 aromatic heterocycles. The minimum absolute atomic E-state index is 0.115. The van der Waals surface area contributed by atoms with Crippen LogP contribution in [0.25, 0.3) is 5.69 Å². The minimum Gasteiger partial charge on any atom is -0.346 e. The van der Waals surface area contributed by atoms with Gasteiger partial charge < -0.3 is 9.84 Å². The van der Waals surface area contributed by atoms with Gasteiger partial charge >= 0.3 is 0 Å². The van der Waals surface area contributed by atoms with Crippen LogP contribution in [-0.4, -0.2) is 36.3 Å². The van der Waals surface area contributed by atoms with Crippen molar-refractivity contribution in [3.8, 4) is 5.69 Å². The number of nitrogens with zero attached hydrogens (tertiary/aromatic N) is 6. The molecule has 9 heteroatoms. The second-order valence-electron chi connectivity index (χ2n) is 7.10. The van der Waals surface area contributed by atoms with E-state index >= 15 is 0 Å². The van der Waals surface area contributed by atoms with E-state index in [1.54, 1.807) is 4.68 Å². The molecule has 3 aromatic rings. The molecule has 28 heavy (non-hydrogen) atoms. The van der Waals surface area contributed by atoms with Crippen molar-refractivity contribution < 1.29 is 9.32 Å². The van der Waals surface area contributed by atoms with E-state index in [0.717, 1.165) is 24.4 Å². The zero-order chi connectivity index (χ0) is 19.3. The Morgan fingerprint density at radius 2 is 2.07 bits per heavy atom. The number of tetrazole rings is 1. The molecule has 0 radical (unpaired) electrons. The predicted octanol–water partition coefficient (Wildman–Crippen LogP) is 2.51. The van der Waals surface area contributed by atoms with Gasteiger partial charge in [-0.25, -0.2) is 0 Å². The van der Waals surface area contributed by atoms with E-state index in [1.165, 1.54) is 12.8 Å². The maximum atomic E-state index is 12.4. The van der Waals surface area contributed by atoms with Gasteiger partial charge in [0.2, 0.25) is 11.8 Å². The lowest BCUT2D eigenvalue weighted by atomic mass is 10.1. The highest BCUT2D eigenvalue weighted by Gasteiger charge is 2.23. The average molecular weight is 381 g/mol. The van der Waals surface area contributed by atoms with E-state index in [1.807, 2.05) is 37.3 Å². The Balaban J connectivity index is 1.32. The standard InChI is InChI=1S/C19H23N7O2/c1-13(19-22-24-25-26(19)15-9-3-2-4-10-15)20-16(27)11-12-17-21-18(23-28-17)14-7-5-6-8-14/h2-4,9-10,13-14H,5-8,11-12H2,1H3,(H,20,27). The van der Waals surface area contributed by atoms with Gasteiger partial charge in [-0.1, -0.05) is 36.2 Å². The fourth-order valence-electron chi connectivity index (χ4n) is 3.54. The van der Waals surface area contributed by atoms with Gasteiger partial charge in [0, 0.05) is 18.8 Å². The number of aryl methyl sites for hydroxylation is 1. The van der Waals surface area contributed by atoms with Crippen LogP contribution in [0.15, 0.2) is 34.9 Å². The molecule has 1 amide bonds. The van der Waals surface area contributed by atoms with E-state index in [9.17, 15) is 4.79 Å². The lowest BCUT2D eigenvalue weighted by Crippen LogP contribution is -2.29. The number of carbonyl (C=O) groups is 1. The molecule has 1 atom stereocenters. The SMILES string of the molecule is CC(NC(=O)CCc1nc(C2CCCC2)no1)c1nnnn1-c1ccccc1. The molecule has 1 unspecified atom stereocenters. The van der Waals surface area contributed by atoms with Crippen LogP contribution < -0.4 is 5.32 Å². The Kier molecular flexibility index (Phi) is 5.41. The minimum atomic E-state index is -0.334. The summed E-state index contributed by atoms with van der Waals surface area (Å²) in [7, 11) is 0. The number of nitrogens with one attached hydrogen (secondary N) is 1. The summed E-state index contributed by atoms with van der Waals surface area (Å²) < 4.78 is 6.93. The van der Waals surface area contributed by atoms with Crippen LogP contribution in [0, 0.1) is 0 Å². The molecule has 1 aliphatic carbocycles. The molecule has 2 heterocycles. The van der Waals surface area contributed by atoms with Gasteiger partial charge in [-0.05, 0) is 42.3 Å². The second kappa shape index (κ2) is 8.28. The van der Waals surface area contributed by atoms with Crippen LogP contribution in [-0.2, 0) is 11.2 Å². The summed E-state index contributed by atoms with van der Waals surface area (Å²) in [6, 6.07) is 9.23. The Morgan fingerprint density at radius 1 is 1.29 bits per heavy atom. The van der Waals surface area contributed by atoms with Crippen LogP contribution in [0.1, 0.15) is 68.5 Å². The summed E-state index contributed by atoms with van der Waals surface area (Å²) in [5.74, 6) is 2.15. The second-order valence-corrected chi connectivity index (χ2v) is 7.10. The predicted molar refractivity (Wildman–Crippen MR) is 99.5 cm³/mol. The Labute approximate surface area is 162 Å². The monoisotopic (exact) mass is 381 g/mol. The number of hydrogen-bond donors (Lipinski definition) is 1. The Morgan fingerprint density at radius 3 is 2.86 bits per heavy atom. The van der Waals surface area contributed by atoms with Gasteiger partial charge in [0.15, 0.2) is 11.6 Å². The summed E-state index contributed by atoms with van der Waals surface area (Å²) in [6.07, 6.45) is 5.36. The molecule has 1 fully saturated rings. The summed E-state index contributed by atoms with van der Waals surface area (Å²) >= 11 is 0. The van der Waals surface area contributed by atoms with Gasteiger partial charge in [0.05, 0.1) is 11.7 Å². The van der Waals surface area contributed by atoms with E-state index in [0.29, 0.717) is 24.1 Å². The molecule has 0 bridgehead atoms. The van der Waals surface area contributed by atoms with Crippen molar-refractivity contribution in [3.63, 3.8) is 0 Å². The molecule has 1 saturated carbocycles. The molecule has 1 N–H and O–H groups in total. The van der Waals surface area contributed by atoms with Gasteiger partial charge in [0.1, 0.15) is 0 Å². The zero-order valence-corrected chi connectivity index (χ0v) is 15.8. The number of benzene rings is 1. The zero-order valence-electron chi connectivity index (χ0n) is 15.8. The van der Waals surface area contributed by atoms with Crippen molar-refractivity contribution in [2.45, 2.75) is 57.4 Å². The first kappa shape index (κ1) is 18.3. The first-order chi connectivity index (χ1) is 13.7. The first-order valence-electron chi connectivity index (χ1n) is 9.66. The molecule has 1 aromatic carbocycles. The normalized spacial score (nSPS) is 15.6. The maximum absolute atomic E-state index is 12.4. The number of carbonyl (C=O) groups excluding carboxylic acids is 1.